The number of urea groups is 1. The van der Waals surface area contributed by atoms with E-state index in [9.17, 15) is 4.79 Å². The molecule has 0 aliphatic carbocycles. The van der Waals surface area contributed by atoms with Crippen molar-refractivity contribution in [2.45, 2.75) is 39.7 Å². The zero-order valence-electron chi connectivity index (χ0n) is 16.9. The van der Waals surface area contributed by atoms with Crippen LogP contribution in [0.2, 0.25) is 0 Å². The molecule has 0 atom stereocenters. The molecule has 0 saturated carbocycles. The number of carbonyl (C=O) groups excluding carboxylic acids is 1. The fourth-order valence-corrected chi connectivity index (χ4v) is 4.17. The van der Waals surface area contributed by atoms with Crippen molar-refractivity contribution >= 4 is 33.8 Å². The Bertz CT molecular complexity index is 1090. The summed E-state index contributed by atoms with van der Waals surface area (Å²) in [6.45, 7) is 8.43. The van der Waals surface area contributed by atoms with E-state index < -0.39 is 5.54 Å². The number of amides is 2. The summed E-state index contributed by atoms with van der Waals surface area (Å²) >= 11 is 0. The Morgan fingerprint density at radius 3 is 2.57 bits per heavy atom. The van der Waals surface area contributed by atoms with Gasteiger partial charge >= 0.3 is 6.03 Å². The molecule has 3 nitrogen and oxygen atoms in total. The van der Waals surface area contributed by atoms with Gasteiger partial charge in [-0.15, -0.1) is 0 Å². The number of benzene rings is 3. The summed E-state index contributed by atoms with van der Waals surface area (Å²) in [7, 11) is 0. The van der Waals surface area contributed by atoms with Crippen LogP contribution in [0.4, 0.5) is 16.2 Å². The Kier molecular flexibility index (Phi) is 4.46. The monoisotopic (exact) mass is 370 g/mol. The summed E-state index contributed by atoms with van der Waals surface area (Å²) in [6.07, 6.45) is 3.16. The van der Waals surface area contributed by atoms with Crippen LogP contribution >= 0.6 is 0 Å². The highest BCUT2D eigenvalue weighted by Crippen LogP contribution is 2.40. The second kappa shape index (κ2) is 6.83. The van der Waals surface area contributed by atoms with E-state index >= 15 is 0 Å². The molecule has 1 N–H and O–H groups in total. The summed E-state index contributed by atoms with van der Waals surface area (Å²) in [5, 5.41) is 5.31. The minimum absolute atomic E-state index is 0.115. The number of hydrogen-bond donors (Lipinski definition) is 1. The predicted molar refractivity (Wildman–Crippen MR) is 119 cm³/mol. The van der Waals surface area contributed by atoms with Gasteiger partial charge < -0.3 is 5.32 Å². The summed E-state index contributed by atoms with van der Waals surface area (Å²) in [6, 6.07) is 20.4. The fourth-order valence-electron chi connectivity index (χ4n) is 4.17. The van der Waals surface area contributed by atoms with Crippen LogP contribution < -0.4 is 10.2 Å². The maximum Gasteiger partial charge on any atom is 0.327 e. The molecule has 1 heterocycles. The van der Waals surface area contributed by atoms with Gasteiger partial charge in [0.15, 0.2) is 0 Å². The molecular formula is C25H26N2O. The number of nitrogens with one attached hydrogen (secondary N) is 1. The Morgan fingerprint density at radius 1 is 1.04 bits per heavy atom. The van der Waals surface area contributed by atoms with Crippen LogP contribution in [0.3, 0.4) is 0 Å². The molecule has 0 bridgehead atoms. The number of nitrogens with zero attached hydrogens (tertiary/aromatic N) is 1. The molecule has 3 aromatic rings. The van der Waals surface area contributed by atoms with Crippen molar-refractivity contribution in [1.29, 1.82) is 0 Å². The van der Waals surface area contributed by atoms with Gasteiger partial charge in [-0.25, -0.2) is 4.79 Å². The van der Waals surface area contributed by atoms with E-state index in [-0.39, 0.29) is 6.03 Å². The van der Waals surface area contributed by atoms with Crippen molar-refractivity contribution in [3.8, 4) is 0 Å². The van der Waals surface area contributed by atoms with Crippen LogP contribution in [-0.4, -0.2) is 11.6 Å². The van der Waals surface area contributed by atoms with Crippen molar-refractivity contribution in [2.75, 3.05) is 10.2 Å². The third-order valence-corrected chi connectivity index (χ3v) is 5.52. The minimum atomic E-state index is -0.417. The van der Waals surface area contributed by atoms with Gasteiger partial charge in [0.05, 0.1) is 16.9 Å². The van der Waals surface area contributed by atoms with Crippen molar-refractivity contribution < 1.29 is 4.79 Å². The molecule has 0 unspecified atom stereocenters. The Balaban J connectivity index is 1.76. The second-order valence-corrected chi connectivity index (χ2v) is 7.98. The smallest absolute Gasteiger partial charge is 0.307 e. The summed E-state index contributed by atoms with van der Waals surface area (Å²) in [5.74, 6) is 0. The largest absolute Gasteiger partial charge is 0.327 e. The average molecular weight is 370 g/mol. The normalized spacial score (nSPS) is 15.1. The number of aryl methyl sites for hydroxylation is 1. The molecule has 1 aliphatic heterocycles. The van der Waals surface area contributed by atoms with E-state index in [1.54, 1.807) is 0 Å². The first kappa shape index (κ1) is 18.3. The van der Waals surface area contributed by atoms with Crippen molar-refractivity contribution in [3.63, 3.8) is 0 Å². The molecule has 4 rings (SSSR count). The lowest BCUT2D eigenvalue weighted by molar-refractivity contribution is 0.253. The molecule has 0 radical (unpaired) electrons. The summed E-state index contributed by atoms with van der Waals surface area (Å²) in [5.41, 5.74) is 4.99. The van der Waals surface area contributed by atoms with Gasteiger partial charge in [-0.2, -0.15) is 0 Å². The maximum absolute atomic E-state index is 13.4. The highest BCUT2D eigenvalue weighted by atomic mass is 16.2. The van der Waals surface area contributed by atoms with Gasteiger partial charge in [0, 0.05) is 10.9 Å². The number of allylic oxidation sites excluding steroid dienone is 1. The van der Waals surface area contributed by atoms with E-state index in [0.717, 1.165) is 34.1 Å². The van der Waals surface area contributed by atoms with Gasteiger partial charge in [-0.1, -0.05) is 55.5 Å². The molecule has 142 valence electrons. The molecular weight excluding hydrogens is 344 g/mol. The first-order valence-electron chi connectivity index (χ1n) is 9.82. The molecule has 0 aromatic heterocycles. The topological polar surface area (TPSA) is 32.3 Å². The zero-order chi connectivity index (χ0) is 19.9. The van der Waals surface area contributed by atoms with Gasteiger partial charge in [0.1, 0.15) is 0 Å². The fraction of sp³-hybridized carbons (Fsp3) is 0.240. The average Bonchev–Trinajstić information content (AvgIpc) is 2.67. The van der Waals surface area contributed by atoms with E-state index in [0.29, 0.717) is 0 Å². The Hall–Kier alpha value is -3.07. The highest BCUT2D eigenvalue weighted by molar-refractivity contribution is 6.10. The maximum atomic E-state index is 13.4. The van der Waals surface area contributed by atoms with Crippen LogP contribution in [0.5, 0.6) is 0 Å². The molecule has 3 aromatic carbocycles. The standard InChI is InChI=1S/C25H26N2O/c1-5-18-13-14-23-21(15-18)17(2)16-25(3,4)27(23)24(28)26-22-12-8-10-19-9-6-7-11-20(19)22/h6-16H,5H2,1-4H3,(H,26,28). The molecule has 3 heteroatoms. The van der Waals surface area contributed by atoms with Crippen LogP contribution in [0, 0.1) is 0 Å². The highest BCUT2D eigenvalue weighted by Gasteiger charge is 2.36. The van der Waals surface area contributed by atoms with E-state index in [1.807, 2.05) is 35.2 Å². The zero-order valence-corrected chi connectivity index (χ0v) is 16.9. The van der Waals surface area contributed by atoms with Crippen molar-refractivity contribution in [2.24, 2.45) is 0 Å². The molecule has 28 heavy (non-hydrogen) atoms. The van der Waals surface area contributed by atoms with Crippen LogP contribution in [0.15, 0.2) is 66.7 Å². The van der Waals surface area contributed by atoms with Gasteiger partial charge in [-0.3, -0.25) is 4.90 Å². The number of anilines is 2. The summed E-state index contributed by atoms with van der Waals surface area (Å²) < 4.78 is 0. The van der Waals surface area contributed by atoms with Crippen LogP contribution in [-0.2, 0) is 6.42 Å². The number of rotatable bonds is 2. The quantitative estimate of drug-likeness (QED) is 0.539. The minimum Gasteiger partial charge on any atom is -0.307 e. The molecule has 2 amide bonds. The van der Waals surface area contributed by atoms with Crippen LogP contribution in [0.25, 0.3) is 16.3 Å². The summed E-state index contributed by atoms with van der Waals surface area (Å²) in [4.78, 5) is 15.3. The van der Waals surface area contributed by atoms with Crippen molar-refractivity contribution in [3.05, 3.63) is 77.9 Å². The SMILES string of the molecule is CCc1ccc2c(c1)C(C)=CC(C)(C)N2C(=O)Nc1cccc2ccccc12. The molecule has 1 aliphatic rings. The number of carbonyl (C=O) groups is 1. The van der Waals surface area contributed by atoms with E-state index in [4.69, 9.17) is 0 Å². The van der Waals surface area contributed by atoms with Crippen molar-refractivity contribution in [1.82, 2.24) is 0 Å². The van der Waals surface area contributed by atoms with Gasteiger partial charge in [0.2, 0.25) is 0 Å². The Labute approximate surface area is 166 Å². The first-order valence-corrected chi connectivity index (χ1v) is 9.82. The van der Waals surface area contributed by atoms with Gasteiger partial charge in [0.25, 0.3) is 0 Å². The molecule has 0 spiro atoms. The second-order valence-electron chi connectivity index (χ2n) is 7.98. The van der Waals surface area contributed by atoms with E-state index in [2.05, 4.69) is 69.4 Å². The van der Waals surface area contributed by atoms with E-state index in [1.165, 1.54) is 11.1 Å². The first-order chi connectivity index (χ1) is 13.4. The van der Waals surface area contributed by atoms with Gasteiger partial charge in [-0.05, 0) is 61.9 Å². The predicted octanol–water partition coefficient (Wildman–Crippen LogP) is 6.64. The Morgan fingerprint density at radius 2 is 1.79 bits per heavy atom. The molecule has 0 fully saturated rings. The lowest BCUT2D eigenvalue weighted by atomic mass is 9.88. The molecule has 0 saturated heterocycles. The number of fused-ring (bicyclic) bond motifs is 2. The third-order valence-electron chi connectivity index (χ3n) is 5.52. The third kappa shape index (κ3) is 3.07. The lowest BCUT2D eigenvalue weighted by Crippen LogP contribution is -2.50. The lowest BCUT2D eigenvalue weighted by Gasteiger charge is -2.41. The van der Waals surface area contributed by atoms with Crippen LogP contribution in [0.1, 0.15) is 38.8 Å². The number of hydrogen-bond acceptors (Lipinski definition) is 1.